The Hall–Kier alpha value is 0.279. The molecule has 2 rings (SSSR count). The molecule has 4 atom stereocenters. The number of allylic oxidation sites excluding steroid dienone is 4. The van der Waals surface area contributed by atoms with Crippen molar-refractivity contribution in [2.45, 2.75) is 38.5 Å². The van der Waals surface area contributed by atoms with Crippen molar-refractivity contribution in [3.8, 4) is 0 Å². The van der Waals surface area contributed by atoms with E-state index in [0.29, 0.717) is 0 Å². The predicted molar refractivity (Wildman–Crippen MR) is 70.8 cm³/mol. The van der Waals surface area contributed by atoms with Crippen LogP contribution in [0.15, 0.2) is 24.3 Å². The standard InChI is InChI=1S/C11H15.3CH3.Sn/c1-2-3-4-10-7-9-5-6-11(10)8-9;;;;/h2-3,5-7,9-11H,4,8H2,1H3;3*1H3;/b3-2-;;;;/t9-,10-,11-;;;;/m0..../s1. The first-order valence-corrected chi connectivity index (χ1v) is 16.5. The van der Waals surface area contributed by atoms with Crippen LogP contribution in [0, 0.1) is 17.8 Å². The molecule has 0 N–H and O–H groups in total. The van der Waals surface area contributed by atoms with Crippen LogP contribution in [0.25, 0.3) is 0 Å². The van der Waals surface area contributed by atoms with Crippen molar-refractivity contribution < 1.29 is 0 Å². The van der Waals surface area contributed by atoms with Crippen molar-refractivity contribution in [1.29, 1.82) is 0 Å². The summed E-state index contributed by atoms with van der Waals surface area (Å²) in [7, 11) is 0. The van der Waals surface area contributed by atoms with Crippen molar-refractivity contribution >= 4 is 18.4 Å². The third kappa shape index (κ3) is 2.20. The molecule has 0 aliphatic heterocycles. The van der Waals surface area contributed by atoms with Gasteiger partial charge in [-0.25, -0.2) is 0 Å². The maximum absolute atomic E-state index is 2.62. The number of rotatable bonds is 3. The third-order valence-corrected chi connectivity index (χ3v) is 12.4. The van der Waals surface area contributed by atoms with Gasteiger partial charge in [-0.05, 0) is 0 Å². The number of fused-ring (bicyclic) bond motifs is 2. The molecule has 2 aliphatic carbocycles. The van der Waals surface area contributed by atoms with E-state index in [1.165, 1.54) is 12.8 Å². The first kappa shape index (κ1) is 11.8. The van der Waals surface area contributed by atoms with Gasteiger partial charge in [0.15, 0.2) is 0 Å². The van der Waals surface area contributed by atoms with Crippen molar-refractivity contribution in [3.05, 3.63) is 24.3 Å². The Morgan fingerprint density at radius 3 is 2.47 bits per heavy atom. The van der Waals surface area contributed by atoms with Crippen molar-refractivity contribution in [2.75, 3.05) is 0 Å². The van der Waals surface area contributed by atoms with E-state index in [2.05, 4.69) is 46.0 Å². The molecule has 0 saturated heterocycles. The fourth-order valence-electron chi connectivity index (χ4n) is 3.82. The summed E-state index contributed by atoms with van der Waals surface area (Å²) in [6, 6.07) is 0. The van der Waals surface area contributed by atoms with Crippen molar-refractivity contribution in [2.24, 2.45) is 17.8 Å². The van der Waals surface area contributed by atoms with Crippen LogP contribution in [0.5, 0.6) is 0 Å². The first-order chi connectivity index (χ1) is 7.04. The number of hydrogen-bond donors (Lipinski definition) is 0. The summed E-state index contributed by atoms with van der Waals surface area (Å²) >= 11 is -1.72. The van der Waals surface area contributed by atoms with Gasteiger partial charge in [-0.3, -0.25) is 0 Å². The van der Waals surface area contributed by atoms with E-state index in [9.17, 15) is 0 Å². The van der Waals surface area contributed by atoms with Crippen LogP contribution in [0.4, 0.5) is 0 Å². The zero-order valence-electron chi connectivity index (χ0n) is 10.5. The van der Waals surface area contributed by atoms with Gasteiger partial charge in [0.2, 0.25) is 0 Å². The van der Waals surface area contributed by atoms with Gasteiger partial charge < -0.3 is 0 Å². The van der Waals surface area contributed by atoms with Gasteiger partial charge in [0.25, 0.3) is 0 Å². The maximum atomic E-state index is 2.62. The van der Waals surface area contributed by atoms with Gasteiger partial charge >= 0.3 is 99.0 Å². The van der Waals surface area contributed by atoms with Crippen LogP contribution >= 0.6 is 0 Å². The molecule has 0 aromatic rings. The molecular formula is C14H24Sn. The molecule has 0 spiro atoms. The van der Waals surface area contributed by atoms with Crippen LogP contribution in [0.2, 0.25) is 18.8 Å². The molecule has 1 saturated carbocycles. The molecule has 0 radical (unpaired) electrons. The summed E-state index contributed by atoms with van der Waals surface area (Å²) in [5, 5.41) is 0. The summed E-state index contributed by atoms with van der Waals surface area (Å²) in [6.45, 7) is 2.15. The molecule has 15 heavy (non-hydrogen) atoms. The van der Waals surface area contributed by atoms with Gasteiger partial charge in [0, 0.05) is 0 Å². The van der Waals surface area contributed by atoms with Gasteiger partial charge in [-0.1, -0.05) is 0 Å². The van der Waals surface area contributed by atoms with Crippen LogP contribution in [0.3, 0.4) is 0 Å². The zero-order valence-corrected chi connectivity index (χ0v) is 13.4. The Morgan fingerprint density at radius 1 is 1.20 bits per heavy atom. The second-order valence-electron chi connectivity index (χ2n) is 6.31. The molecule has 0 amide bonds. The summed E-state index contributed by atoms with van der Waals surface area (Å²) < 4.78 is 1.10. The molecule has 0 nitrogen and oxygen atoms in total. The molecule has 1 heteroatoms. The second kappa shape index (κ2) is 4.27. The average molecular weight is 311 g/mol. The summed E-state index contributed by atoms with van der Waals surface area (Å²) in [5.41, 5.74) is 0. The fraction of sp³-hybridized carbons (Fsp3) is 0.714. The Labute approximate surface area is 98.7 Å². The average Bonchev–Trinajstić information content (AvgIpc) is 2.71. The Bertz CT molecular complexity index is 282. The van der Waals surface area contributed by atoms with Crippen LogP contribution in [0.1, 0.15) is 19.8 Å². The van der Waals surface area contributed by atoms with Crippen LogP contribution in [-0.4, -0.2) is 18.4 Å². The van der Waals surface area contributed by atoms with Gasteiger partial charge in [-0.2, -0.15) is 0 Å². The third-order valence-electron chi connectivity index (χ3n) is 4.27. The monoisotopic (exact) mass is 312 g/mol. The summed E-state index contributed by atoms with van der Waals surface area (Å²) in [4.78, 5) is 7.86. The minimum absolute atomic E-state index is 0.923. The van der Waals surface area contributed by atoms with Gasteiger partial charge in [0.05, 0.1) is 0 Å². The minimum atomic E-state index is -1.72. The van der Waals surface area contributed by atoms with Gasteiger partial charge in [-0.15, -0.1) is 0 Å². The fourth-order valence-corrected chi connectivity index (χ4v) is 13.0. The topological polar surface area (TPSA) is 0 Å². The van der Waals surface area contributed by atoms with E-state index in [0.717, 1.165) is 21.7 Å². The van der Waals surface area contributed by atoms with Gasteiger partial charge in [0.1, 0.15) is 0 Å². The molecule has 0 heterocycles. The molecular weight excluding hydrogens is 287 g/mol. The second-order valence-corrected chi connectivity index (χ2v) is 21.7. The Morgan fingerprint density at radius 2 is 1.87 bits per heavy atom. The summed E-state index contributed by atoms with van der Waals surface area (Å²) in [5.74, 6) is 2.88. The van der Waals surface area contributed by atoms with Crippen molar-refractivity contribution in [3.63, 3.8) is 0 Å². The quantitative estimate of drug-likeness (QED) is 0.532. The van der Waals surface area contributed by atoms with E-state index < -0.39 is 18.4 Å². The van der Waals surface area contributed by atoms with E-state index in [1.807, 2.05) is 0 Å². The normalized spacial score (nSPS) is 39.5. The number of hydrogen-bond acceptors (Lipinski definition) is 0. The van der Waals surface area contributed by atoms with Crippen LogP contribution < -0.4 is 0 Å². The summed E-state index contributed by atoms with van der Waals surface area (Å²) in [6.07, 6.45) is 12.5. The van der Waals surface area contributed by atoms with E-state index in [4.69, 9.17) is 0 Å². The molecule has 0 aromatic carbocycles. The Kier molecular flexibility index (Phi) is 3.35. The molecule has 0 unspecified atom stereocenters. The Balaban J connectivity index is 2.17. The molecule has 1 fully saturated rings. The van der Waals surface area contributed by atoms with Crippen molar-refractivity contribution in [1.82, 2.24) is 0 Å². The predicted octanol–water partition coefficient (Wildman–Crippen LogP) is 4.48. The van der Waals surface area contributed by atoms with E-state index in [1.54, 1.807) is 0 Å². The molecule has 0 aromatic heterocycles. The van der Waals surface area contributed by atoms with E-state index in [-0.39, 0.29) is 0 Å². The molecule has 2 bridgehead atoms. The SMILES string of the molecule is C/C=C\C[C@H]1[C@@H]([Sn]([CH3])([CH3])[CH3])[C@@H]2C=C[C@H]1C2. The molecule has 2 aliphatic rings. The van der Waals surface area contributed by atoms with E-state index >= 15 is 0 Å². The van der Waals surface area contributed by atoms with Crippen LogP contribution in [-0.2, 0) is 0 Å². The molecule has 84 valence electrons. The first-order valence-electron chi connectivity index (χ1n) is 6.33. The zero-order chi connectivity index (χ0) is 11.1.